The van der Waals surface area contributed by atoms with Crippen LogP contribution in [0.5, 0.6) is 0 Å². The molecule has 2 saturated heterocycles. The molecular formula is C18H31N5O. The Bertz CT molecular complexity index is 583. The lowest BCUT2D eigenvalue weighted by Gasteiger charge is -2.32. The number of rotatable bonds is 3. The third-order valence-electron chi connectivity index (χ3n) is 5.19. The summed E-state index contributed by atoms with van der Waals surface area (Å²) in [5, 5.41) is 7.91. The van der Waals surface area contributed by atoms with E-state index in [1.807, 2.05) is 9.58 Å². The van der Waals surface area contributed by atoms with Gasteiger partial charge in [-0.1, -0.05) is 6.92 Å². The quantitative estimate of drug-likeness (QED) is 0.906. The van der Waals surface area contributed by atoms with Crippen molar-refractivity contribution in [3.63, 3.8) is 0 Å². The molecule has 6 heteroatoms. The van der Waals surface area contributed by atoms with Crippen LogP contribution < -0.4 is 5.32 Å². The van der Waals surface area contributed by atoms with Gasteiger partial charge in [0.05, 0.1) is 23.0 Å². The summed E-state index contributed by atoms with van der Waals surface area (Å²) in [4.78, 5) is 17.6. The van der Waals surface area contributed by atoms with Gasteiger partial charge in [0, 0.05) is 45.3 Å². The number of carbonyl (C=O) groups excluding carboxylic acids is 1. The van der Waals surface area contributed by atoms with Gasteiger partial charge in [-0.05, 0) is 33.6 Å². The molecule has 0 aliphatic carbocycles. The van der Waals surface area contributed by atoms with Crippen LogP contribution in [0, 0.1) is 0 Å². The molecule has 1 aromatic heterocycles. The van der Waals surface area contributed by atoms with Crippen molar-refractivity contribution in [2.24, 2.45) is 0 Å². The Morgan fingerprint density at radius 2 is 2.00 bits per heavy atom. The van der Waals surface area contributed by atoms with Gasteiger partial charge in [-0.25, -0.2) is 0 Å². The van der Waals surface area contributed by atoms with Gasteiger partial charge in [0.25, 0.3) is 5.91 Å². The van der Waals surface area contributed by atoms with E-state index >= 15 is 0 Å². The zero-order valence-electron chi connectivity index (χ0n) is 15.5. The summed E-state index contributed by atoms with van der Waals surface area (Å²) < 4.78 is 2.00. The number of amides is 1. The number of carbonyl (C=O) groups is 1. The van der Waals surface area contributed by atoms with E-state index in [0.717, 1.165) is 63.4 Å². The maximum absolute atomic E-state index is 13.0. The first kappa shape index (κ1) is 17.4. The predicted octanol–water partition coefficient (Wildman–Crippen LogP) is 1.32. The minimum Gasteiger partial charge on any atom is -0.337 e. The minimum absolute atomic E-state index is 0.0990. The molecule has 0 bridgehead atoms. The van der Waals surface area contributed by atoms with Gasteiger partial charge in [-0.15, -0.1) is 0 Å². The van der Waals surface area contributed by atoms with E-state index in [-0.39, 0.29) is 11.4 Å². The average molecular weight is 333 g/mol. The second-order valence-corrected chi connectivity index (χ2v) is 7.92. The fourth-order valence-electron chi connectivity index (χ4n) is 3.91. The molecule has 1 N–H and O–H groups in total. The van der Waals surface area contributed by atoms with E-state index in [1.165, 1.54) is 0 Å². The van der Waals surface area contributed by atoms with Gasteiger partial charge in [0.2, 0.25) is 0 Å². The predicted molar refractivity (Wildman–Crippen MR) is 95.4 cm³/mol. The van der Waals surface area contributed by atoms with E-state index in [2.05, 4.69) is 43.0 Å². The normalized spacial score (nSPS) is 23.0. The van der Waals surface area contributed by atoms with Gasteiger partial charge in [-0.3, -0.25) is 14.4 Å². The summed E-state index contributed by atoms with van der Waals surface area (Å²) in [5.74, 6) is 0.153. The summed E-state index contributed by atoms with van der Waals surface area (Å²) in [6.07, 6.45) is 3.68. The Morgan fingerprint density at radius 3 is 2.62 bits per heavy atom. The van der Waals surface area contributed by atoms with E-state index in [1.54, 1.807) is 6.20 Å². The molecule has 0 radical (unpaired) electrons. The number of nitrogens with zero attached hydrogens (tertiary/aromatic N) is 4. The first-order chi connectivity index (χ1) is 11.4. The molecule has 1 amide bonds. The number of hydrogen-bond donors (Lipinski definition) is 1. The van der Waals surface area contributed by atoms with Crippen molar-refractivity contribution >= 4 is 5.91 Å². The third-order valence-corrected chi connectivity index (χ3v) is 5.19. The molecule has 2 fully saturated rings. The average Bonchev–Trinajstić information content (AvgIpc) is 3.21. The Hall–Kier alpha value is -1.40. The molecule has 0 saturated carbocycles. The standard InChI is InChI=1S/C18H31N5O/c1-5-16-15(12-20-23(16)18(2,3)4)17(24)22-9-6-14(13-22)21-10-7-19-8-11-21/h12,14,19H,5-11,13H2,1-4H3. The molecule has 6 nitrogen and oxygen atoms in total. The summed E-state index contributed by atoms with van der Waals surface area (Å²) >= 11 is 0. The van der Waals surface area contributed by atoms with Gasteiger partial charge in [0.15, 0.2) is 0 Å². The van der Waals surface area contributed by atoms with Crippen LogP contribution in [0.25, 0.3) is 0 Å². The van der Waals surface area contributed by atoms with Crippen molar-refractivity contribution in [3.05, 3.63) is 17.5 Å². The van der Waals surface area contributed by atoms with Gasteiger partial charge in [-0.2, -0.15) is 5.10 Å². The third kappa shape index (κ3) is 3.35. The highest BCUT2D eigenvalue weighted by Crippen LogP contribution is 2.23. The minimum atomic E-state index is -0.0990. The molecule has 24 heavy (non-hydrogen) atoms. The fraction of sp³-hybridized carbons (Fsp3) is 0.778. The molecule has 2 aliphatic heterocycles. The van der Waals surface area contributed by atoms with Crippen LogP contribution in [0.15, 0.2) is 6.20 Å². The molecule has 3 heterocycles. The summed E-state index contributed by atoms with van der Waals surface area (Å²) in [6.45, 7) is 14.5. The number of hydrogen-bond acceptors (Lipinski definition) is 4. The highest BCUT2D eigenvalue weighted by molar-refractivity contribution is 5.95. The van der Waals surface area contributed by atoms with Crippen LogP contribution in [0.2, 0.25) is 0 Å². The van der Waals surface area contributed by atoms with Crippen molar-refractivity contribution in [1.29, 1.82) is 0 Å². The number of likely N-dealkylation sites (tertiary alicyclic amines) is 1. The molecule has 0 spiro atoms. The molecule has 1 unspecified atom stereocenters. The number of aromatic nitrogens is 2. The van der Waals surface area contributed by atoms with Crippen LogP contribution >= 0.6 is 0 Å². The Balaban J connectivity index is 1.72. The van der Waals surface area contributed by atoms with Gasteiger partial charge in [0.1, 0.15) is 0 Å². The van der Waals surface area contributed by atoms with Crippen molar-refractivity contribution in [3.8, 4) is 0 Å². The molecule has 134 valence electrons. The topological polar surface area (TPSA) is 53.4 Å². The van der Waals surface area contributed by atoms with Crippen molar-refractivity contribution in [1.82, 2.24) is 24.9 Å². The summed E-state index contributed by atoms with van der Waals surface area (Å²) in [7, 11) is 0. The zero-order valence-corrected chi connectivity index (χ0v) is 15.5. The van der Waals surface area contributed by atoms with Crippen LogP contribution in [0.4, 0.5) is 0 Å². The van der Waals surface area contributed by atoms with Crippen molar-refractivity contribution in [2.45, 2.75) is 52.1 Å². The lowest BCUT2D eigenvalue weighted by atomic mass is 10.1. The molecule has 2 aliphatic rings. The van der Waals surface area contributed by atoms with Crippen molar-refractivity contribution in [2.75, 3.05) is 39.3 Å². The zero-order chi connectivity index (χ0) is 17.3. The molecule has 1 atom stereocenters. The van der Waals surface area contributed by atoms with E-state index in [0.29, 0.717) is 6.04 Å². The molecule has 1 aromatic rings. The SMILES string of the molecule is CCc1c(C(=O)N2CCC(N3CCNCC3)C2)cnn1C(C)(C)C. The largest absolute Gasteiger partial charge is 0.337 e. The first-order valence-electron chi connectivity index (χ1n) is 9.23. The highest BCUT2D eigenvalue weighted by atomic mass is 16.2. The van der Waals surface area contributed by atoms with Crippen LogP contribution in [0.3, 0.4) is 0 Å². The van der Waals surface area contributed by atoms with Crippen LogP contribution in [-0.2, 0) is 12.0 Å². The Labute approximate surface area is 145 Å². The Kier molecular flexibility index (Phi) is 4.97. The van der Waals surface area contributed by atoms with E-state index in [4.69, 9.17) is 0 Å². The lowest BCUT2D eigenvalue weighted by molar-refractivity contribution is 0.0772. The fourth-order valence-corrected chi connectivity index (χ4v) is 3.91. The maximum Gasteiger partial charge on any atom is 0.257 e. The van der Waals surface area contributed by atoms with Gasteiger partial charge >= 0.3 is 0 Å². The summed E-state index contributed by atoms with van der Waals surface area (Å²) in [5.41, 5.74) is 1.74. The second kappa shape index (κ2) is 6.84. The molecule has 0 aromatic carbocycles. The number of piperazine rings is 1. The van der Waals surface area contributed by atoms with Crippen molar-refractivity contribution < 1.29 is 4.79 Å². The maximum atomic E-state index is 13.0. The number of nitrogens with one attached hydrogen (secondary N) is 1. The van der Waals surface area contributed by atoms with Gasteiger partial charge < -0.3 is 10.2 Å². The van der Waals surface area contributed by atoms with Crippen LogP contribution in [0.1, 0.15) is 50.2 Å². The molecule has 3 rings (SSSR count). The van der Waals surface area contributed by atoms with E-state index in [9.17, 15) is 4.79 Å². The monoisotopic (exact) mass is 333 g/mol. The smallest absolute Gasteiger partial charge is 0.257 e. The highest BCUT2D eigenvalue weighted by Gasteiger charge is 2.33. The summed E-state index contributed by atoms with van der Waals surface area (Å²) in [6, 6.07) is 0.513. The first-order valence-corrected chi connectivity index (χ1v) is 9.23. The second-order valence-electron chi connectivity index (χ2n) is 7.92. The Morgan fingerprint density at radius 1 is 1.29 bits per heavy atom. The van der Waals surface area contributed by atoms with Crippen LogP contribution in [-0.4, -0.2) is 70.8 Å². The lowest BCUT2D eigenvalue weighted by Crippen LogP contribution is -2.49. The van der Waals surface area contributed by atoms with E-state index < -0.39 is 0 Å². The molecular weight excluding hydrogens is 302 g/mol.